The summed E-state index contributed by atoms with van der Waals surface area (Å²) >= 11 is 0. The minimum atomic E-state index is 0.999. The highest BCUT2D eigenvalue weighted by atomic mass is 14.1. The monoisotopic (exact) mass is 243 g/mol. The molecule has 19 heavy (non-hydrogen) atoms. The minimum Gasteiger partial charge on any atom is -0.0716 e. The largest absolute Gasteiger partial charge is 0.0716 e. The van der Waals surface area contributed by atoms with Crippen LogP contribution in [0.3, 0.4) is 0 Å². The lowest BCUT2D eigenvalue weighted by Gasteiger charge is -2.06. The van der Waals surface area contributed by atoms with E-state index in [1.807, 2.05) is 30.4 Å². The molecule has 0 saturated carbocycles. The second kappa shape index (κ2) is 5.53. The molecule has 0 atom stereocenters. The lowest BCUT2D eigenvalue weighted by Crippen LogP contribution is -1.88. The summed E-state index contributed by atoms with van der Waals surface area (Å²) in [6.07, 6.45) is 27.1. The number of benzene rings is 1. The number of fused-ring (bicyclic) bond motifs is 2. The van der Waals surface area contributed by atoms with E-state index in [-0.39, 0.29) is 0 Å². The van der Waals surface area contributed by atoms with Gasteiger partial charge in [0.05, 0.1) is 0 Å². The van der Waals surface area contributed by atoms with Gasteiger partial charge in [0.1, 0.15) is 0 Å². The Labute approximate surface area is 114 Å². The van der Waals surface area contributed by atoms with Crippen LogP contribution in [0.1, 0.15) is 22.3 Å². The third kappa shape index (κ3) is 2.74. The van der Waals surface area contributed by atoms with Gasteiger partial charge in [-0.05, 0) is 40.8 Å². The molecule has 2 aliphatic carbocycles. The molecule has 0 spiro atoms. The highest BCUT2D eigenvalue weighted by Gasteiger charge is 2.08. The van der Waals surface area contributed by atoms with Crippen LogP contribution in [-0.4, -0.2) is 0 Å². The van der Waals surface area contributed by atoms with Crippen molar-refractivity contribution in [1.82, 2.24) is 0 Å². The smallest absolute Gasteiger partial charge is 0.00816 e. The quantitative estimate of drug-likeness (QED) is 0.621. The van der Waals surface area contributed by atoms with Crippen molar-refractivity contribution in [1.29, 1.82) is 0 Å². The first-order valence-electron chi connectivity index (χ1n) is 6.53. The maximum Gasteiger partial charge on any atom is -0.00816 e. The predicted molar refractivity (Wildman–Crippen MR) is 82.5 cm³/mol. The molecule has 2 aliphatic rings. The second-order valence-electron chi connectivity index (χ2n) is 4.56. The molecule has 0 unspecified atom stereocenters. The molecule has 91 valence electrons. The van der Waals surface area contributed by atoms with Crippen molar-refractivity contribution in [2.24, 2.45) is 0 Å². The van der Waals surface area contributed by atoms with Crippen LogP contribution in [0.4, 0.5) is 0 Å². The molecule has 0 heteroatoms. The average Bonchev–Trinajstić information content (AvgIpc) is 2.85. The van der Waals surface area contributed by atoms with Crippen molar-refractivity contribution in [3.8, 4) is 0 Å². The van der Waals surface area contributed by atoms with Gasteiger partial charge in [0, 0.05) is 0 Å². The standard InChI is InChI=1S/C19H15/c1-2-4-6-8-11-17-15-19-13-9-12-18(19)14-16(17)10-7-5-3-1/h1-11,14-15H,12H2. The minimum absolute atomic E-state index is 0.999. The molecule has 1 aromatic rings. The van der Waals surface area contributed by atoms with E-state index >= 15 is 0 Å². The van der Waals surface area contributed by atoms with Crippen LogP contribution >= 0.6 is 0 Å². The Morgan fingerprint density at radius 2 is 1.26 bits per heavy atom. The van der Waals surface area contributed by atoms with Crippen LogP contribution in [0.2, 0.25) is 0 Å². The molecule has 1 aromatic carbocycles. The van der Waals surface area contributed by atoms with E-state index in [1.165, 1.54) is 22.3 Å². The van der Waals surface area contributed by atoms with Gasteiger partial charge in [0.15, 0.2) is 0 Å². The molecule has 0 nitrogen and oxygen atoms in total. The summed E-state index contributed by atoms with van der Waals surface area (Å²) in [5, 5.41) is 0. The predicted octanol–water partition coefficient (Wildman–Crippen LogP) is 4.66. The number of hydrogen-bond acceptors (Lipinski definition) is 0. The second-order valence-corrected chi connectivity index (χ2v) is 4.56. The van der Waals surface area contributed by atoms with Gasteiger partial charge < -0.3 is 0 Å². The van der Waals surface area contributed by atoms with E-state index in [4.69, 9.17) is 0 Å². The molecule has 0 bridgehead atoms. The summed E-state index contributed by atoms with van der Waals surface area (Å²) in [5.41, 5.74) is 5.08. The van der Waals surface area contributed by atoms with Gasteiger partial charge in [-0.3, -0.25) is 0 Å². The Morgan fingerprint density at radius 3 is 1.95 bits per heavy atom. The van der Waals surface area contributed by atoms with Gasteiger partial charge in [-0.2, -0.15) is 0 Å². The van der Waals surface area contributed by atoms with Crippen molar-refractivity contribution in [3.05, 3.63) is 95.1 Å². The van der Waals surface area contributed by atoms with Crippen molar-refractivity contribution >= 4 is 12.2 Å². The lowest BCUT2D eigenvalue weighted by atomic mass is 9.98. The Balaban J connectivity index is 2.07. The fourth-order valence-electron chi connectivity index (χ4n) is 2.25. The van der Waals surface area contributed by atoms with E-state index in [0.29, 0.717) is 0 Å². The van der Waals surface area contributed by atoms with Crippen molar-refractivity contribution < 1.29 is 0 Å². The highest BCUT2D eigenvalue weighted by Crippen LogP contribution is 2.24. The molecule has 0 heterocycles. The Kier molecular flexibility index (Phi) is 3.42. The van der Waals surface area contributed by atoms with Crippen LogP contribution in [-0.2, 0) is 6.42 Å². The molecule has 3 rings (SSSR count). The van der Waals surface area contributed by atoms with Gasteiger partial charge in [0.2, 0.25) is 0 Å². The fourth-order valence-corrected chi connectivity index (χ4v) is 2.25. The summed E-state index contributed by atoms with van der Waals surface area (Å²) in [6, 6.07) is 4.48. The molecular formula is C19H15. The molecule has 0 saturated heterocycles. The molecular weight excluding hydrogens is 228 g/mol. The zero-order valence-corrected chi connectivity index (χ0v) is 10.7. The first-order chi connectivity index (χ1) is 9.43. The van der Waals surface area contributed by atoms with Gasteiger partial charge >= 0.3 is 0 Å². The molecule has 1 radical (unpaired) electrons. The summed E-state index contributed by atoms with van der Waals surface area (Å²) in [4.78, 5) is 0. The van der Waals surface area contributed by atoms with Gasteiger partial charge in [0.25, 0.3) is 0 Å². The maximum absolute atomic E-state index is 3.31. The van der Waals surface area contributed by atoms with E-state index < -0.39 is 0 Å². The summed E-state index contributed by atoms with van der Waals surface area (Å²) < 4.78 is 0. The van der Waals surface area contributed by atoms with Crippen molar-refractivity contribution in [2.45, 2.75) is 6.42 Å². The van der Waals surface area contributed by atoms with E-state index in [1.54, 1.807) is 0 Å². The summed E-state index contributed by atoms with van der Waals surface area (Å²) in [7, 11) is 0. The molecule has 0 amide bonds. The number of hydrogen-bond donors (Lipinski definition) is 0. The van der Waals surface area contributed by atoms with Crippen molar-refractivity contribution in [2.75, 3.05) is 0 Å². The molecule has 0 aromatic heterocycles. The number of rotatable bonds is 0. The third-order valence-electron chi connectivity index (χ3n) is 3.22. The topological polar surface area (TPSA) is 0 Å². The third-order valence-corrected chi connectivity index (χ3v) is 3.22. The zero-order chi connectivity index (χ0) is 12.9. The van der Waals surface area contributed by atoms with Crippen LogP contribution in [0, 0.1) is 6.08 Å². The van der Waals surface area contributed by atoms with Crippen LogP contribution in [0.15, 0.2) is 66.8 Å². The molecule has 0 fully saturated rings. The number of allylic oxidation sites excluding steroid dienone is 9. The fraction of sp³-hybridized carbons (Fsp3) is 0.0526. The molecule has 0 aliphatic heterocycles. The Morgan fingerprint density at radius 1 is 0.684 bits per heavy atom. The first kappa shape index (κ1) is 11.7. The Bertz CT molecular complexity index is 647. The van der Waals surface area contributed by atoms with Crippen LogP contribution in [0.5, 0.6) is 0 Å². The van der Waals surface area contributed by atoms with Crippen LogP contribution in [0.25, 0.3) is 12.2 Å². The highest BCUT2D eigenvalue weighted by molar-refractivity contribution is 5.69. The van der Waals surface area contributed by atoms with Gasteiger partial charge in [-0.15, -0.1) is 0 Å². The summed E-state index contributed by atoms with van der Waals surface area (Å²) in [5.74, 6) is 0. The SMILES string of the molecule is [C]1=CCc2cc3c(cc21)C=CC=CC=CC=CC=C3. The Hall–Kier alpha value is -2.34. The van der Waals surface area contributed by atoms with Gasteiger partial charge in [-0.1, -0.05) is 72.9 Å². The first-order valence-corrected chi connectivity index (χ1v) is 6.53. The van der Waals surface area contributed by atoms with Gasteiger partial charge in [-0.25, -0.2) is 0 Å². The van der Waals surface area contributed by atoms with Crippen molar-refractivity contribution in [3.63, 3.8) is 0 Å². The zero-order valence-electron chi connectivity index (χ0n) is 10.7. The normalized spacial score (nSPS) is 16.0. The van der Waals surface area contributed by atoms with E-state index in [2.05, 4.69) is 54.7 Å². The maximum atomic E-state index is 3.31. The molecule has 0 N–H and O–H groups in total. The van der Waals surface area contributed by atoms with E-state index in [9.17, 15) is 0 Å². The van der Waals surface area contributed by atoms with E-state index in [0.717, 1.165) is 6.42 Å². The summed E-state index contributed by atoms with van der Waals surface area (Å²) in [6.45, 7) is 0. The average molecular weight is 243 g/mol. The van der Waals surface area contributed by atoms with Crippen LogP contribution < -0.4 is 0 Å². The lowest BCUT2D eigenvalue weighted by molar-refractivity contribution is 1.30.